The van der Waals surface area contributed by atoms with Gasteiger partial charge in [0, 0.05) is 5.56 Å². The number of thioether (sulfide) groups is 1. The first-order valence-electron chi connectivity index (χ1n) is 4.72. The molecule has 3 heteroatoms. The van der Waals surface area contributed by atoms with Gasteiger partial charge in [0.2, 0.25) is 5.12 Å². The lowest BCUT2D eigenvalue weighted by atomic mass is 10.2. The van der Waals surface area contributed by atoms with Crippen LogP contribution in [0.2, 0.25) is 0 Å². The van der Waals surface area contributed by atoms with Gasteiger partial charge in [-0.05, 0) is 31.2 Å². The minimum absolute atomic E-state index is 0.0499. The Bertz CT molecular complexity index is 456. The summed E-state index contributed by atoms with van der Waals surface area (Å²) in [5.74, 6) is 0. The summed E-state index contributed by atoms with van der Waals surface area (Å²) in [6.07, 6.45) is 0. The van der Waals surface area contributed by atoms with Gasteiger partial charge in [-0.3, -0.25) is 4.79 Å². The van der Waals surface area contributed by atoms with Crippen LogP contribution in [0.3, 0.4) is 0 Å². The molecule has 0 aliphatic carbocycles. The van der Waals surface area contributed by atoms with Gasteiger partial charge >= 0.3 is 0 Å². The fourth-order valence-electron chi connectivity index (χ4n) is 1.33. The van der Waals surface area contributed by atoms with Gasteiger partial charge in [-0.15, -0.1) is 0 Å². The van der Waals surface area contributed by atoms with Crippen LogP contribution in [-0.4, -0.2) is 10.2 Å². The zero-order valence-electron chi connectivity index (χ0n) is 8.65. The van der Waals surface area contributed by atoms with Gasteiger partial charge < -0.3 is 0 Å². The van der Waals surface area contributed by atoms with Crippen LogP contribution < -0.4 is 0 Å². The second-order valence-corrected chi connectivity index (χ2v) is 4.48. The summed E-state index contributed by atoms with van der Waals surface area (Å²) >= 11 is 1.21. The first-order valence-corrected chi connectivity index (χ1v) is 5.54. The van der Waals surface area contributed by atoms with E-state index in [4.69, 9.17) is 0 Å². The molecule has 1 aromatic rings. The van der Waals surface area contributed by atoms with Crippen molar-refractivity contribution in [2.24, 2.45) is 4.99 Å². The van der Waals surface area contributed by atoms with Crippen LogP contribution in [0.15, 0.2) is 46.6 Å². The Morgan fingerprint density at radius 1 is 1.20 bits per heavy atom. The molecule has 0 bridgehead atoms. The maximum atomic E-state index is 11.6. The van der Waals surface area contributed by atoms with Crippen LogP contribution in [0.1, 0.15) is 19.4 Å². The molecular formula is C12H11NOS. The molecule has 0 unspecified atom stereocenters. The van der Waals surface area contributed by atoms with E-state index in [-0.39, 0.29) is 5.12 Å². The predicted octanol–water partition coefficient (Wildman–Crippen LogP) is 3.00. The van der Waals surface area contributed by atoms with Crippen LogP contribution in [0.25, 0.3) is 0 Å². The standard InChI is InChI=1S/C12H11NOS/c1-8(2)10-12(14)15-11(13-10)9-6-4-3-5-7-9/h3-7H,1-2H3. The van der Waals surface area contributed by atoms with E-state index in [0.717, 1.165) is 16.2 Å². The SMILES string of the molecule is CC(C)=C1N=C(c2ccccc2)SC1=O. The topological polar surface area (TPSA) is 29.4 Å². The maximum absolute atomic E-state index is 11.6. The second kappa shape index (κ2) is 4.03. The van der Waals surface area contributed by atoms with E-state index < -0.39 is 0 Å². The van der Waals surface area contributed by atoms with Crippen LogP contribution >= 0.6 is 11.8 Å². The number of benzene rings is 1. The molecule has 76 valence electrons. The molecule has 0 N–H and O–H groups in total. The zero-order chi connectivity index (χ0) is 10.8. The fraction of sp³-hybridized carbons (Fsp3) is 0.167. The molecule has 1 aromatic carbocycles. The van der Waals surface area contributed by atoms with Gasteiger partial charge in [0.1, 0.15) is 10.7 Å². The molecule has 0 saturated carbocycles. The second-order valence-electron chi connectivity index (χ2n) is 3.52. The highest BCUT2D eigenvalue weighted by Gasteiger charge is 2.23. The maximum Gasteiger partial charge on any atom is 0.243 e. The number of hydrogen-bond donors (Lipinski definition) is 0. The molecule has 1 aliphatic rings. The number of nitrogens with zero attached hydrogens (tertiary/aromatic N) is 1. The third-order valence-electron chi connectivity index (χ3n) is 2.09. The third kappa shape index (κ3) is 2.02. The molecule has 1 aliphatic heterocycles. The van der Waals surface area contributed by atoms with Gasteiger partial charge in [0.15, 0.2) is 0 Å². The lowest BCUT2D eigenvalue weighted by Gasteiger charge is -1.95. The Morgan fingerprint density at radius 3 is 2.40 bits per heavy atom. The van der Waals surface area contributed by atoms with Crippen molar-refractivity contribution < 1.29 is 4.79 Å². The highest BCUT2D eigenvalue weighted by Crippen LogP contribution is 2.28. The summed E-state index contributed by atoms with van der Waals surface area (Å²) < 4.78 is 0. The Hall–Kier alpha value is -1.35. The lowest BCUT2D eigenvalue weighted by molar-refractivity contribution is -0.107. The molecule has 0 fully saturated rings. The number of rotatable bonds is 1. The summed E-state index contributed by atoms with van der Waals surface area (Å²) in [5, 5.41) is 0.852. The quantitative estimate of drug-likeness (QED) is 0.677. The lowest BCUT2D eigenvalue weighted by Crippen LogP contribution is -1.92. The summed E-state index contributed by atoms with van der Waals surface area (Å²) in [5.41, 5.74) is 2.57. The van der Waals surface area contributed by atoms with E-state index >= 15 is 0 Å². The minimum atomic E-state index is 0.0499. The van der Waals surface area contributed by atoms with Crippen molar-refractivity contribution in [3.8, 4) is 0 Å². The van der Waals surface area contributed by atoms with Crippen molar-refractivity contribution in [2.75, 3.05) is 0 Å². The Morgan fingerprint density at radius 2 is 1.87 bits per heavy atom. The van der Waals surface area contributed by atoms with E-state index in [2.05, 4.69) is 4.99 Å². The van der Waals surface area contributed by atoms with Crippen LogP contribution in [0, 0.1) is 0 Å². The number of carbonyl (C=O) groups excluding carboxylic acids is 1. The van der Waals surface area contributed by atoms with Gasteiger partial charge in [-0.25, -0.2) is 4.99 Å². The fourth-order valence-corrected chi connectivity index (χ4v) is 2.24. The molecule has 2 nitrogen and oxygen atoms in total. The molecular weight excluding hydrogens is 206 g/mol. The molecule has 0 aromatic heterocycles. The summed E-state index contributed by atoms with van der Waals surface area (Å²) in [6.45, 7) is 3.82. The Labute approximate surface area is 93.1 Å². The van der Waals surface area contributed by atoms with Crippen LogP contribution in [0.4, 0.5) is 0 Å². The van der Waals surface area contributed by atoms with Crippen molar-refractivity contribution in [1.29, 1.82) is 0 Å². The van der Waals surface area contributed by atoms with Gasteiger partial charge in [0.05, 0.1) is 0 Å². The monoisotopic (exact) mass is 217 g/mol. The van der Waals surface area contributed by atoms with Crippen molar-refractivity contribution in [3.63, 3.8) is 0 Å². The molecule has 0 atom stereocenters. The van der Waals surface area contributed by atoms with Crippen LogP contribution in [0.5, 0.6) is 0 Å². The molecule has 0 radical (unpaired) electrons. The van der Waals surface area contributed by atoms with Crippen LogP contribution in [-0.2, 0) is 4.79 Å². The van der Waals surface area contributed by atoms with Gasteiger partial charge in [-0.2, -0.15) is 0 Å². The average molecular weight is 217 g/mol. The molecule has 1 heterocycles. The molecule has 15 heavy (non-hydrogen) atoms. The van der Waals surface area contributed by atoms with Crippen molar-refractivity contribution in [1.82, 2.24) is 0 Å². The molecule has 0 saturated heterocycles. The summed E-state index contributed by atoms with van der Waals surface area (Å²) in [4.78, 5) is 15.9. The van der Waals surface area contributed by atoms with Gasteiger partial charge in [0.25, 0.3) is 0 Å². The molecule has 2 rings (SSSR count). The average Bonchev–Trinajstić information content (AvgIpc) is 2.62. The highest BCUT2D eigenvalue weighted by molar-refractivity contribution is 8.27. The first-order chi connectivity index (χ1) is 7.18. The summed E-state index contributed by atoms with van der Waals surface area (Å²) in [7, 11) is 0. The largest absolute Gasteiger partial charge is 0.279 e. The number of carbonyl (C=O) groups is 1. The zero-order valence-corrected chi connectivity index (χ0v) is 9.47. The highest BCUT2D eigenvalue weighted by atomic mass is 32.2. The van der Waals surface area contributed by atoms with Crippen molar-refractivity contribution in [3.05, 3.63) is 47.2 Å². The van der Waals surface area contributed by atoms with Crippen molar-refractivity contribution >= 4 is 21.9 Å². The normalized spacial score (nSPS) is 15.5. The third-order valence-corrected chi connectivity index (χ3v) is 2.99. The number of allylic oxidation sites excluding steroid dienone is 1. The number of aliphatic imine (C=N–C) groups is 1. The molecule has 0 spiro atoms. The Balaban J connectivity index is 2.40. The van der Waals surface area contributed by atoms with Gasteiger partial charge in [-0.1, -0.05) is 30.3 Å². The molecule has 0 amide bonds. The smallest absolute Gasteiger partial charge is 0.243 e. The van der Waals surface area contributed by atoms with E-state index in [1.165, 1.54) is 11.8 Å². The van der Waals surface area contributed by atoms with E-state index in [9.17, 15) is 4.79 Å². The Kier molecular flexibility index (Phi) is 2.73. The number of hydrogen-bond acceptors (Lipinski definition) is 3. The van der Waals surface area contributed by atoms with E-state index in [1.54, 1.807) is 0 Å². The van der Waals surface area contributed by atoms with E-state index in [0.29, 0.717) is 5.70 Å². The predicted molar refractivity (Wildman–Crippen MR) is 64.0 cm³/mol. The first kappa shape index (κ1) is 10.2. The van der Waals surface area contributed by atoms with E-state index in [1.807, 2.05) is 44.2 Å². The minimum Gasteiger partial charge on any atom is -0.279 e. The van der Waals surface area contributed by atoms with Crippen molar-refractivity contribution in [2.45, 2.75) is 13.8 Å². The summed E-state index contributed by atoms with van der Waals surface area (Å²) in [6, 6.07) is 9.78.